The van der Waals surface area contributed by atoms with Crippen LogP contribution in [0.1, 0.15) is 112 Å². The molecule has 1 saturated carbocycles. The van der Waals surface area contributed by atoms with Crippen LogP contribution in [0.3, 0.4) is 0 Å². The van der Waals surface area contributed by atoms with E-state index >= 15 is 0 Å². The number of carbonyl (C=O) groups is 6. The van der Waals surface area contributed by atoms with Crippen LogP contribution in [-0.2, 0) is 38.8 Å². The number of Topliss-reactive ketones (excluding diaryl/α,β-unsaturated/α-hetero) is 1. The number of sulfonamides is 1. The van der Waals surface area contributed by atoms with Crippen molar-refractivity contribution in [2.45, 2.75) is 136 Å². The maximum absolute atomic E-state index is 14.6. The van der Waals surface area contributed by atoms with Crippen LogP contribution in [0.25, 0.3) is 0 Å². The summed E-state index contributed by atoms with van der Waals surface area (Å²) in [6.45, 7) is 14.6. The van der Waals surface area contributed by atoms with Crippen LogP contribution >= 0.6 is 8.58 Å². The van der Waals surface area contributed by atoms with Crippen molar-refractivity contribution in [3.63, 3.8) is 0 Å². The SMILES string of the molecule is CCC[C@H](NC(=O)[C@@H]1[C@@H](C)[C@@H](C)CN1C(=O)[C@@H](NC(=O)[C@@H](NC(=O)[C@@H](C)NS(C)(=O)=O)C1CCCCC1)C(C)(C)C)C(=O)C(=O)P[C@@H](C)c1ccccc1. The third kappa shape index (κ3) is 12.4. The van der Waals surface area contributed by atoms with Crippen LogP contribution < -0.4 is 20.7 Å². The summed E-state index contributed by atoms with van der Waals surface area (Å²) in [5.74, 6) is -3.48. The summed E-state index contributed by atoms with van der Waals surface area (Å²) in [6.07, 6.45) is 5.83. The molecule has 1 aliphatic heterocycles. The smallest absolute Gasteiger partial charge is 0.246 e. The average Bonchev–Trinajstić information content (AvgIpc) is 3.41. The van der Waals surface area contributed by atoms with Gasteiger partial charge in [-0.25, -0.2) is 13.1 Å². The molecular weight excluding hydrogens is 729 g/mol. The van der Waals surface area contributed by atoms with Crippen molar-refractivity contribution in [3.05, 3.63) is 35.9 Å². The second kappa shape index (κ2) is 19.6. The van der Waals surface area contributed by atoms with E-state index < -0.39 is 80.6 Å². The number of nitrogens with one attached hydrogen (secondary N) is 4. The molecule has 1 aliphatic carbocycles. The van der Waals surface area contributed by atoms with Crippen LogP contribution in [0.4, 0.5) is 0 Å². The van der Waals surface area contributed by atoms with E-state index in [9.17, 15) is 37.2 Å². The van der Waals surface area contributed by atoms with Crippen LogP contribution in [0.5, 0.6) is 0 Å². The number of hydrogen-bond acceptors (Lipinski definition) is 8. The largest absolute Gasteiger partial charge is 0.344 e. The number of hydrogen-bond donors (Lipinski definition) is 4. The molecule has 15 heteroatoms. The number of likely N-dealkylation sites (tertiary alicyclic amines) is 1. The van der Waals surface area contributed by atoms with E-state index in [-0.39, 0.29) is 45.0 Å². The molecule has 9 atom stereocenters. The van der Waals surface area contributed by atoms with Gasteiger partial charge in [-0.05, 0) is 63.5 Å². The van der Waals surface area contributed by atoms with Crippen LogP contribution in [0.15, 0.2) is 30.3 Å². The van der Waals surface area contributed by atoms with Gasteiger partial charge in [-0.1, -0.05) is 104 Å². The molecule has 0 aromatic heterocycles. The molecule has 302 valence electrons. The third-order valence-electron chi connectivity index (χ3n) is 10.7. The topological polar surface area (TPSA) is 188 Å². The lowest BCUT2D eigenvalue weighted by Gasteiger charge is -2.38. The summed E-state index contributed by atoms with van der Waals surface area (Å²) >= 11 is 0. The first-order chi connectivity index (χ1) is 25.2. The monoisotopic (exact) mass is 791 g/mol. The molecular formula is C39H62N5O8PS. The molecule has 2 fully saturated rings. The number of carbonyl (C=O) groups excluding carboxylic acids is 6. The van der Waals surface area contributed by atoms with E-state index in [0.717, 1.165) is 31.1 Å². The van der Waals surface area contributed by atoms with Gasteiger partial charge in [0.25, 0.3) is 0 Å². The predicted octanol–water partition coefficient (Wildman–Crippen LogP) is 3.82. The Labute approximate surface area is 323 Å². The minimum atomic E-state index is -3.69. The lowest BCUT2D eigenvalue weighted by molar-refractivity contribution is -0.146. The average molecular weight is 792 g/mol. The van der Waals surface area contributed by atoms with Crippen molar-refractivity contribution >= 4 is 53.5 Å². The first-order valence-corrected chi connectivity index (χ1v) is 22.2. The lowest BCUT2D eigenvalue weighted by Crippen LogP contribution is -2.63. The summed E-state index contributed by atoms with van der Waals surface area (Å²) in [5, 5.41) is 8.52. The van der Waals surface area contributed by atoms with Gasteiger partial charge in [0, 0.05) is 12.2 Å². The Morgan fingerprint density at radius 3 is 2.07 bits per heavy atom. The molecule has 54 heavy (non-hydrogen) atoms. The number of ketones is 1. The van der Waals surface area contributed by atoms with E-state index in [4.69, 9.17) is 0 Å². The van der Waals surface area contributed by atoms with Gasteiger partial charge in [0.05, 0.1) is 18.3 Å². The maximum atomic E-state index is 14.6. The molecule has 1 aromatic rings. The van der Waals surface area contributed by atoms with Crippen molar-refractivity contribution in [2.24, 2.45) is 23.2 Å². The second-order valence-electron chi connectivity index (χ2n) is 16.4. The quantitative estimate of drug-likeness (QED) is 0.135. The normalized spacial score (nSPS) is 22.5. The molecule has 1 unspecified atom stereocenters. The molecule has 1 saturated heterocycles. The minimum absolute atomic E-state index is 0.0886. The van der Waals surface area contributed by atoms with Gasteiger partial charge in [-0.15, -0.1) is 0 Å². The van der Waals surface area contributed by atoms with Crippen molar-refractivity contribution in [2.75, 3.05) is 12.8 Å². The Morgan fingerprint density at radius 2 is 1.52 bits per heavy atom. The number of benzene rings is 1. The number of amides is 4. The van der Waals surface area contributed by atoms with Gasteiger partial charge in [0.1, 0.15) is 18.1 Å². The van der Waals surface area contributed by atoms with Crippen molar-refractivity contribution in [3.8, 4) is 0 Å². The molecule has 3 rings (SSSR count). The Bertz CT molecular complexity index is 1610. The highest BCUT2D eigenvalue weighted by Gasteiger charge is 2.49. The van der Waals surface area contributed by atoms with Crippen molar-refractivity contribution in [1.29, 1.82) is 0 Å². The minimum Gasteiger partial charge on any atom is -0.344 e. The molecule has 0 bridgehead atoms. The van der Waals surface area contributed by atoms with Crippen molar-refractivity contribution < 1.29 is 37.2 Å². The highest BCUT2D eigenvalue weighted by atomic mass is 32.2. The number of rotatable bonds is 17. The Hall–Kier alpha value is -3.22. The summed E-state index contributed by atoms with van der Waals surface area (Å²) in [4.78, 5) is 84.2. The van der Waals surface area contributed by atoms with Crippen LogP contribution in [0, 0.1) is 23.2 Å². The third-order valence-corrected chi connectivity index (χ3v) is 12.8. The molecule has 13 nitrogen and oxygen atoms in total. The standard InChI is InChI=1S/C39H62N5O8PS/c1-10-17-29(32(45)38(50)53-26(5)27-18-13-11-14-19-27)40-36(48)31-24(3)23(2)22-44(31)37(49)33(39(6,7)8)42-35(47)30(28-20-15-12-16-21-28)41-34(46)25(4)43-54(9,51)52/h11,13-14,18-19,23-26,28-31,33,43,53H,10,12,15-17,20-22H2,1-9H3,(H,40,48)(H,41,46)(H,42,47)/t23-,24-,25+,26-,29-,30-,31-,33+/m0/s1. The molecule has 0 spiro atoms. The Balaban J connectivity index is 1.84. The molecule has 4 amide bonds. The van der Waals surface area contributed by atoms with E-state index in [1.807, 2.05) is 58.0 Å². The zero-order valence-corrected chi connectivity index (χ0v) is 35.2. The second-order valence-corrected chi connectivity index (χ2v) is 19.8. The fourth-order valence-corrected chi connectivity index (χ4v) is 9.24. The van der Waals surface area contributed by atoms with E-state index in [1.54, 1.807) is 20.8 Å². The van der Waals surface area contributed by atoms with E-state index in [2.05, 4.69) is 20.7 Å². The molecule has 2 aliphatic rings. The molecule has 1 heterocycles. The molecule has 1 aromatic carbocycles. The first-order valence-electron chi connectivity index (χ1n) is 19.2. The summed E-state index contributed by atoms with van der Waals surface area (Å²) in [6, 6.07) is 4.23. The highest BCUT2D eigenvalue weighted by Crippen LogP contribution is 2.36. The van der Waals surface area contributed by atoms with Gasteiger partial charge in [0.15, 0.2) is 0 Å². The summed E-state index contributed by atoms with van der Waals surface area (Å²) in [5.41, 5.74) is -0.573. The lowest BCUT2D eigenvalue weighted by atomic mass is 9.82. The zero-order valence-electron chi connectivity index (χ0n) is 33.4. The van der Waals surface area contributed by atoms with Crippen LogP contribution in [0.2, 0.25) is 0 Å². The van der Waals surface area contributed by atoms with Crippen molar-refractivity contribution in [1.82, 2.24) is 25.6 Å². The van der Waals surface area contributed by atoms with Crippen LogP contribution in [-0.4, -0.2) is 91.3 Å². The Kier molecular flexibility index (Phi) is 16.4. The summed E-state index contributed by atoms with van der Waals surface area (Å²) in [7, 11) is -4.00. The maximum Gasteiger partial charge on any atom is 0.246 e. The predicted molar refractivity (Wildman–Crippen MR) is 211 cm³/mol. The Morgan fingerprint density at radius 1 is 0.907 bits per heavy atom. The zero-order chi connectivity index (χ0) is 40.5. The van der Waals surface area contributed by atoms with Gasteiger partial charge in [-0.2, -0.15) is 0 Å². The van der Waals surface area contributed by atoms with Gasteiger partial charge >= 0.3 is 0 Å². The van der Waals surface area contributed by atoms with E-state index in [1.165, 1.54) is 11.8 Å². The van der Waals surface area contributed by atoms with Gasteiger partial charge < -0.3 is 20.9 Å². The molecule has 0 radical (unpaired) electrons. The molecule has 4 N–H and O–H groups in total. The van der Waals surface area contributed by atoms with Gasteiger partial charge in [0.2, 0.25) is 45.0 Å². The van der Waals surface area contributed by atoms with E-state index in [0.29, 0.717) is 19.3 Å². The number of nitrogens with zero attached hydrogens (tertiary/aromatic N) is 1. The first kappa shape index (κ1) is 45.2. The van der Waals surface area contributed by atoms with Gasteiger partial charge in [-0.3, -0.25) is 28.8 Å². The highest BCUT2D eigenvalue weighted by molar-refractivity contribution is 7.88. The summed E-state index contributed by atoms with van der Waals surface area (Å²) < 4.78 is 25.9. The fourth-order valence-electron chi connectivity index (χ4n) is 7.42. The fraction of sp³-hybridized carbons (Fsp3) is 0.692.